The number of imidazole rings is 1. The molecule has 0 radical (unpaired) electrons. The smallest absolute Gasteiger partial charge is 0.336 e. The number of benzene rings is 3. The first-order chi connectivity index (χ1) is 19.3. The molecule has 208 valence electrons. The number of nitrogens with one attached hydrogen (secondary N) is 1. The van der Waals surface area contributed by atoms with Gasteiger partial charge in [0.1, 0.15) is 5.82 Å². The van der Waals surface area contributed by atoms with Gasteiger partial charge in [-0.15, -0.1) is 0 Å². The maximum atomic E-state index is 15.4. The van der Waals surface area contributed by atoms with E-state index in [1.165, 1.54) is 12.1 Å². The highest BCUT2D eigenvalue weighted by molar-refractivity contribution is 7.81. The maximum Gasteiger partial charge on any atom is 0.336 e. The average Bonchev–Trinajstić information content (AvgIpc) is 3.29. The number of aromatic carboxylic acids is 1. The number of rotatable bonds is 12. The molecule has 0 bridgehead atoms. The van der Waals surface area contributed by atoms with E-state index in [-0.39, 0.29) is 24.6 Å². The van der Waals surface area contributed by atoms with Crippen LogP contribution in [-0.2, 0) is 30.7 Å². The molecule has 0 saturated carbocycles. The Morgan fingerprint density at radius 2 is 1.80 bits per heavy atom. The number of ether oxygens (including phenoxy) is 1. The van der Waals surface area contributed by atoms with E-state index in [2.05, 4.69) is 22.9 Å². The van der Waals surface area contributed by atoms with Gasteiger partial charge in [0.05, 0.1) is 41.9 Å². The molecule has 4 rings (SSSR count). The lowest BCUT2D eigenvalue weighted by Gasteiger charge is -2.16. The van der Waals surface area contributed by atoms with Crippen LogP contribution in [0, 0.1) is 5.82 Å². The lowest BCUT2D eigenvalue weighted by molar-refractivity contribution is -0.120. The molecular weight excluding hydrogens is 529 g/mol. The second kappa shape index (κ2) is 13.3. The third-order valence-electron chi connectivity index (χ3n) is 6.58. The molecule has 1 atom stereocenters. The Balaban J connectivity index is 1.58. The van der Waals surface area contributed by atoms with Gasteiger partial charge < -0.3 is 15.2 Å². The molecular formula is C31H32FN3O4S. The van der Waals surface area contributed by atoms with Crippen LogP contribution in [0.2, 0.25) is 0 Å². The Morgan fingerprint density at radius 3 is 2.48 bits per heavy atom. The molecule has 0 saturated heterocycles. The van der Waals surface area contributed by atoms with Crippen LogP contribution in [0.1, 0.15) is 46.7 Å². The van der Waals surface area contributed by atoms with E-state index >= 15 is 4.39 Å². The summed E-state index contributed by atoms with van der Waals surface area (Å²) in [6, 6.07) is 21.2. The fourth-order valence-electron chi connectivity index (χ4n) is 4.55. The number of carboxylic acid groups (broad SMARTS) is 1. The first-order valence-corrected chi connectivity index (χ1v) is 13.7. The van der Waals surface area contributed by atoms with Gasteiger partial charge in [-0.05, 0) is 48.6 Å². The number of hydrogen-bond acceptors (Lipinski definition) is 5. The van der Waals surface area contributed by atoms with Gasteiger partial charge in [0.25, 0.3) is 6.01 Å². The summed E-state index contributed by atoms with van der Waals surface area (Å²) in [6.07, 6.45) is 1.09. The Labute approximate surface area is 238 Å². The topological polar surface area (TPSA) is 93.5 Å². The van der Waals surface area contributed by atoms with Crippen LogP contribution in [0.5, 0.6) is 6.01 Å². The Kier molecular flexibility index (Phi) is 9.60. The van der Waals surface area contributed by atoms with Crippen molar-refractivity contribution >= 4 is 24.5 Å². The lowest BCUT2D eigenvalue weighted by Crippen LogP contribution is -2.33. The number of nitrogens with zero attached hydrogens (tertiary/aromatic N) is 2. The van der Waals surface area contributed by atoms with E-state index in [1.54, 1.807) is 34.9 Å². The summed E-state index contributed by atoms with van der Waals surface area (Å²) >= 11 is 4.50. The third kappa shape index (κ3) is 6.71. The fraction of sp³-hybridized carbons (Fsp3) is 0.258. The minimum absolute atomic E-state index is 0.100. The summed E-state index contributed by atoms with van der Waals surface area (Å²) in [4.78, 5) is 29.1. The lowest BCUT2D eigenvalue weighted by atomic mass is 9.98. The van der Waals surface area contributed by atoms with Gasteiger partial charge in [-0.3, -0.25) is 9.36 Å². The molecule has 0 aliphatic carbocycles. The van der Waals surface area contributed by atoms with Crippen LogP contribution in [0.25, 0.3) is 11.1 Å². The van der Waals surface area contributed by atoms with Crippen LogP contribution in [-0.4, -0.2) is 38.4 Å². The summed E-state index contributed by atoms with van der Waals surface area (Å²) < 4.78 is 23.0. The van der Waals surface area contributed by atoms with Gasteiger partial charge in [0, 0.05) is 5.56 Å². The molecule has 0 aliphatic heterocycles. The molecule has 9 heteroatoms. The SMILES string of the molecule is CCOc1nc(CC)c(CNC(=O)[C@H](S)Cc2ccccc2)n1Cc1ccc(-c2ccccc2C(=O)O)cc1F. The van der Waals surface area contributed by atoms with Crippen LogP contribution in [0.3, 0.4) is 0 Å². The molecule has 0 fully saturated rings. The van der Waals surface area contributed by atoms with Crippen LogP contribution in [0.15, 0.2) is 72.8 Å². The molecule has 1 amide bonds. The number of carbonyl (C=O) groups is 2. The number of thiol groups is 1. The number of carboxylic acids is 1. The van der Waals surface area contributed by atoms with E-state index in [9.17, 15) is 14.7 Å². The molecule has 3 aromatic carbocycles. The van der Waals surface area contributed by atoms with Crippen molar-refractivity contribution in [3.63, 3.8) is 0 Å². The van der Waals surface area contributed by atoms with E-state index in [0.717, 1.165) is 17.0 Å². The molecule has 4 aromatic rings. The molecule has 0 spiro atoms. The van der Waals surface area contributed by atoms with Crippen molar-refractivity contribution in [2.24, 2.45) is 0 Å². The number of halogens is 1. The van der Waals surface area contributed by atoms with E-state index in [0.29, 0.717) is 42.1 Å². The summed E-state index contributed by atoms with van der Waals surface area (Å²) in [6.45, 7) is 4.47. The molecule has 1 aromatic heterocycles. The Morgan fingerprint density at radius 1 is 1.07 bits per heavy atom. The molecule has 40 heavy (non-hydrogen) atoms. The highest BCUT2D eigenvalue weighted by Crippen LogP contribution is 2.28. The molecule has 7 nitrogen and oxygen atoms in total. The van der Waals surface area contributed by atoms with E-state index < -0.39 is 17.0 Å². The quantitative estimate of drug-likeness (QED) is 0.197. The zero-order valence-corrected chi connectivity index (χ0v) is 23.3. The molecule has 1 heterocycles. The van der Waals surface area contributed by atoms with Gasteiger partial charge in [0.2, 0.25) is 5.91 Å². The highest BCUT2D eigenvalue weighted by Gasteiger charge is 2.21. The van der Waals surface area contributed by atoms with Gasteiger partial charge in [0.15, 0.2) is 0 Å². The summed E-state index contributed by atoms with van der Waals surface area (Å²) in [5, 5.41) is 12.0. The molecule has 0 unspecified atom stereocenters. The number of amides is 1. The van der Waals surface area contributed by atoms with Crippen molar-refractivity contribution in [3.05, 3.63) is 107 Å². The standard InChI is InChI=1S/C31H32FN3O4S/c1-3-26-27(18-33-29(36)28(40)16-20-10-6-5-7-11-20)35(31(34-26)39-4-2)19-22-15-14-21(17-25(22)32)23-12-8-9-13-24(23)30(37)38/h5-15,17,28,40H,3-4,16,18-19H2,1-2H3,(H,33,36)(H,37,38)/t28-/m1/s1. The fourth-order valence-corrected chi connectivity index (χ4v) is 4.85. The second-order valence-corrected chi connectivity index (χ2v) is 9.86. The van der Waals surface area contributed by atoms with Crippen molar-refractivity contribution < 1.29 is 23.8 Å². The zero-order valence-electron chi connectivity index (χ0n) is 22.4. The molecule has 0 aliphatic rings. The summed E-state index contributed by atoms with van der Waals surface area (Å²) in [7, 11) is 0. The highest BCUT2D eigenvalue weighted by atomic mass is 32.1. The van der Waals surface area contributed by atoms with Crippen molar-refractivity contribution in [1.29, 1.82) is 0 Å². The average molecular weight is 562 g/mol. The Bertz CT molecular complexity index is 1490. The number of carbonyl (C=O) groups excluding carboxylic acids is 1. The predicted molar refractivity (Wildman–Crippen MR) is 155 cm³/mol. The van der Waals surface area contributed by atoms with Crippen LogP contribution < -0.4 is 10.1 Å². The van der Waals surface area contributed by atoms with E-state index in [1.807, 2.05) is 44.2 Å². The van der Waals surface area contributed by atoms with Crippen molar-refractivity contribution in [3.8, 4) is 17.1 Å². The van der Waals surface area contributed by atoms with Crippen molar-refractivity contribution in [2.75, 3.05) is 6.61 Å². The van der Waals surface area contributed by atoms with Crippen LogP contribution in [0.4, 0.5) is 4.39 Å². The van der Waals surface area contributed by atoms with Gasteiger partial charge in [-0.2, -0.15) is 17.6 Å². The van der Waals surface area contributed by atoms with Gasteiger partial charge >= 0.3 is 5.97 Å². The maximum absolute atomic E-state index is 15.4. The second-order valence-electron chi connectivity index (χ2n) is 9.24. The number of hydrogen-bond donors (Lipinski definition) is 3. The predicted octanol–water partition coefficient (Wildman–Crippen LogP) is 5.55. The summed E-state index contributed by atoms with van der Waals surface area (Å²) in [5.41, 5.74) is 3.86. The number of aromatic nitrogens is 2. The van der Waals surface area contributed by atoms with Gasteiger partial charge in [-0.25, -0.2) is 9.18 Å². The van der Waals surface area contributed by atoms with Crippen LogP contribution >= 0.6 is 12.6 Å². The monoisotopic (exact) mass is 561 g/mol. The first-order valence-electron chi connectivity index (χ1n) is 13.1. The van der Waals surface area contributed by atoms with E-state index in [4.69, 9.17) is 4.74 Å². The van der Waals surface area contributed by atoms with Crippen molar-refractivity contribution in [1.82, 2.24) is 14.9 Å². The van der Waals surface area contributed by atoms with Crippen molar-refractivity contribution in [2.45, 2.75) is 45.0 Å². The zero-order chi connectivity index (χ0) is 28.6. The minimum Gasteiger partial charge on any atom is -0.478 e. The largest absolute Gasteiger partial charge is 0.478 e. The summed E-state index contributed by atoms with van der Waals surface area (Å²) in [5.74, 6) is -1.78. The number of aryl methyl sites for hydroxylation is 1. The normalized spacial score (nSPS) is 11.7. The third-order valence-corrected chi connectivity index (χ3v) is 7.00. The van der Waals surface area contributed by atoms with Gasteiger partial charge in [-0.1, -0.05) is 67.6 Å². The Hall–Kier alpha value is -4.11. The molecule has 2 N–H and O–H groups in total. The first kappa shape index (κ1) is 28.9. The minimum atomic E-state index is -1.08.